The number of rotatable bonds is 6. The van der Waals surface area contributed by atoms with E-state index >= 15 is 0 Å². The predicted molar refractivity (Wildman–Crippen MR) is 63.8 cm³/mol. The maximum atomic E-state index is 4.17. The Morgan fingerprint density at radius 2 is 2.07 bits per heavy atom. The molecule has 15 heavy (non-hydrogen) atoms. The Balaban J connectivity index is 2.24. The van der Waals surface area contributed by atoms with Crippen LogP contribution in [-0.4, -0.2) is 22.9 Å². The second-order valence-corrected chi connectivity index (χ2v) is 4.81. The second kappa shape index (κ2) is 5.91. The molecule has 0 fully saturated rings. The summed E-state index contributed by atoms with van der Waals surface area (Å²) in [5.74, 6) is 1.40. The van der Waals surface area contributed by atoms with Crippen LogP contribution in [0.2, 0.25) is 0 Å². The van der Waals surface area contributed by atoms with Crippen LogP contribution in [0.1, 0.15) is 26.5 Å². The number of hydrogen-bond donors (Lipinski definition) is 1. The van der Waals surface area contributed by atoms with Crippen molar-refractivity contribution in [2.45, 2.75) is 27.2 Å². The van der Waals surface area contributed by atoms with E-state index in [9.17, 15) is 0 Å². The van der Waals surface area contributed by atoms with Crippen molar-refractivity contribution < 1.29 is 0 Å². The number of nitrogens with zero attached hydrogens (tertiary/aromatic N) is 2. The first-order chi connectivity index (χ1) is 7.09. The number of nitrogens with one attached hydrogen (secondary N) is 1. The van der Waals surface area contributed by atoms with Gasteiger partial charge in [0.25, 0.3) is 0 Å². The monoisotopic (exact) mass is 209 g/mol. The van der Waals surface area contributed by atoms with Gasteiger partial charge in [-0.05, 0) is 37.4 Å². The van der Waals surface area contributed by atoms with Crippen LogP contribution in [0.25, 0.3) is 0 Å². The summed E-state index contributed by atoms with van der Waals surface area (Å²) in [4.78, 5) is 0. The average Bonchev–Trinajstić information content (AvgIpc) is 2.51. The molecule has 1 heterocycles. The van der Waals surface area contributed by atoms with Gasteiger partial charge in [-0.25, -0.2) is 0 Å². The highest BCUT2D eigenvalue weighted by molar-refractivity contribution is 5.00. The van der Waals surface area contributed by atoms with Crippen LogP contribution in [-0.2, 0) is 13.5 Å². The molecule has 0 spiro atoms. The molecular weight excluding hydrogens is 186 g/mol. The minimum atomic E-state index is 0.666. The molecule has 86 valence electrons. The molecule has 3 nitrogen and oxygen atoms in total. The van der Waals surface area contributed by atoms with E-state index in [0.717, 1.165) is 25.4 Å². The van der Waals surface area contributed by atoms with Crippen LogP contribution < -0.4 is 5.32 Å². The quantitative estimate of drug-likeness (QED) is 0.775. The normalized spacial score (nSPS) is 13.4. The zero-order valence-electron chi connectivity index (χ0n) is 10.3. The molecule has 1 atom stereocenters. The summed E-state index contributed by atoms with van der Waals surface area (Å²) in [7, 11) is 2.00. The zero-order chi connectivity index (χ0) is 11.3. The van der Waals surface area contributed by atoms with Crippen molar-refractivity contribution in [2.24, 2.45) is 18.9 Å². The minimum absolute atomic E-state index is 0.666. The molecule has 0 aliphatic carbocycles. The third kappa shape index (κ3) is 4.47. The van der Waals surface area contributed by atoms with Gasteiger partial charge in [0, 0.05) is 18.9 Å². The maximum Gasteiger partial charge on any atom is 0.0492 e. The number of aryl methyl sites for hydroxylation is 1. The smallest absolute Gasteiger partial charge is 0.0492 e. The van der Waals surface area contributed by atoms with E-state index in [-0.39, 0.29) is 0 Å². The van der Waals surface area contributed by atoms with E-state index in [1.165, 1.54) is 5.69 Å². The summed E-state index contributed by atoms with van der Waals surface area (Å²) in [5.41, 5.74) is 1.31. The predicted octanol–water partition coefficient (Wildman–Crippen LogP) is 1.84. The standard InChI is InChI=1S/C12H23N3/c1-10(2)8-13-9-11(3)7-12-5-6-14-15(12)4/h5-6,10-11,13H,7-9H2,1-4H3. The Morgan fingerprint density at radius 3 is 2.60 bits per heavy atom. The van der Waals surface area contributed by atoms with Crippen LogP contribution in [0.4, 0.5) is 0 Å². The van der Waals surface area contributed by atoms with Crippen LogP contribution >= 0.6 is 0 Å². The third-order valence-electron chi connectivity index (χ3n) is 2.53. The van der Waals surface area contributed by atoms with Gasteiger partial charge in [-0.1, -0.05) is 20.8 Å². The number of aromatic nitrogens is 2. The van der Waals surface area contributed by atoms with Gasteiger partial charge in [0.15, 0.2) is 0 Å². The lowest BCUT2D eigenvalue weighted by Crippen LogP contribution is -2.26. The molecule has 0 aliphatic heterocycles. The second-order valence-electron chi connectivity index (χ2n) is 4.81. The molecule has 0 radical (unpaired) electrons. The van der Waals surface area contributed by atoms with Crippen molar-refractivity contribution in [3.63, 3.8) is 0 Å². The van der Waals surface area contributed by atoms with Crippen molar-refractivity contribution in [3.8, 4) is 0 Å². The Labute approximate surface area is 92.9 Å². The third-order valence-corrected chi connectivity index (χ3v) is 2.53. The van der Waals surface area contributed by atoms with Crippen LogP contribution in [0.15, 0.2) is 12.3 Å². The fraction of sp³-hybridized carbons (Fsp3) is 0.750. The highest BCUT2D eigenvalue weighted by atomic mass is 15.2. The fourth-order valence-electron chi connectivity index (χ4n) is 1.65. The largest absolute Gasteiger partial charge is 0.316 e. The van der Waals surface area contributed by atoms with Gasteiger partial charge in [0.1, 0.15) is 0 Å². The van der Waals surface area contributed by atoms with Gasteiger partial charge in [-0.2, -0.15) is 5.10 Å². The number of hydrogen-bond acceptors (Lipinski definition) is 2. The van der Waals surface area contributed by atoms with E-state index < -0.39 is 0 Å². The van der Waals surface area contributed by atoms with Crippen LogP contribution in [0.5, 0.6) is 0 Å². The lowest BCUT2D eigenvalue weighted by atomic mass is 10.1. The van der Waals surface area contributed by atoms with Crippen LogP contribution in [0, 0.1) is 11.8 Å². The molecule has 1 aromatic rings. The van der Waals surface area contributed by atoms with E-state index in [1.807, 2.05) is 17.9 Å². The highest BCUT2D eigenvalue weighted by Gasteiger charge is 2.06. The van der Waals surface area contributed by atoms with Gasteiger partial charge in [-0.15, -0.1) is 0 Å². The van der Waals surface area contributed by atoms with E-state index in [0.29, 0.717) is 5.92 Å². The van der Waals surface area contributed by atoms with Gasteiger partial charge < -0.3 is 5.32 Å². The molecule has 1 aromatic heterocycles. The first-order valence-electron chi connectivity index (χ1n) is 5.77. The lowest BCUT2D eigenvalue weighted by molar-refractivity contribution is 0.464. The summed E-state index contributed by atoms with van der Waals surface area (Å²) in [6.07, 6.45) is 2.96. The molecule has 1 N–H and O–H groups in total. The molecule has 0 saturated heterocycles. The lowest BCUT2D eigenvalue weighted by Gasteiger charge is -2.13. The maximum absolute atomic E-state index is 4.17. The summed E-state index contributed by atoms with van der Waals surface area (Å²) >= 11 is 0. The Kier molecular flexibility index (Phi) is 4.82. The summed E-state index contributed by atoms with van der Waals surface area (Å²) < 4.78 is 1.96. The molecule has 1 unspecified atom stereocenters. The summed E-state index contributed by atoms with van der Waals surface area (Å²) in [6.45, 7) is 8.94. The van der Waals surface area contributed by atoms with Crippen molar-refractivity contribution in [3.05, 3.63) is 18.0 Å². The van der Waals surface area contributed by atoms with Crippen LogP contribution in [0.3, 0.4) is 0 Å². The highest BCUT2D eigenvalue weighted by Crippen LogP contribution is 2.06. The summed E-state index contributed by atoms with van der Waals surface area (Å²) in [6, 6.07) is 2.10. The zero-order valence-corrected chi connectivity index (χ0v) is 10.3. The fourth-order valence-corrected chi connectivity index (χ4v) is 1.65. The summed E-state index contributed by atoms with van der Waals surface area (Å²) in [5, 5.41) is 7.66. The first kappa shape index (κ1) is 12.2. The Bertz CT molecular complexity index is 278. The molecule has 3 heteroatoms. The molecule has 1 rings (SSSR count). The SMILES string of the molecule is CC(C)CNCC(C)Cc1ccnn1C. The van der Waals surface area contributed by atoms with Gasteiger partial charge in [0.05, 0.1) is 0 Å². The van der Waals surface area contributed by atoms with Gasteiger partial charge >= 0.3 is 0 Å². The first-order valence-corrected chi connectivity index (χ1v) is 5.77. The van der Waals surface area contributed by atoms with Gasteiger partial charge in [0.2, 0.25) is 0 Å². The van der Waals surface area contributed by atoms with Crippen molar-refractivity contribution in [2.75, 3.05) is 13.1 Å². The molecular formula is C12H23N3. The minimum Gasteiger partial charge on any atom is -0.316 e. The van der Waals surface area contributed by atoms with Gasteiger partial charge in [-0.3, -0.25) is 4.68 Å². The van der Waals surface area contributed by atoms with Crippen molar-refractivity contribution in [1.82, 2.24) is 15.1 Å². The Morgan fingerprint density at radius 1 is 1.33 bits per heavy atom. The topological polar surface area (TPSA) is 29.9 Å². The van der Waals surface area contributed by atoms with E-state index in [4.69, 9.17) is 0 Å². The molecule has 0 amide bonds. The van der Waals surface area contributed by atoms with E-state index in [2.05, 4.69) is 37.3 Å². The molecule has 0 saturated carbocycles. The Hall–Kier alpha value is -0.830. The molecule has 0 aliphatic rings. The average molecular weight is 209 g/mol. The van der Waals surface area contributed by atoms with Crippen molar-refractivity contribution in [1.29, 1.82) is 0 Å². The molecule has 0 aromatic carbocycles. The van der Waals surface area contributed by atoms with Crippen molar-refractivity contribution >= 4 is 0 Å². The van der Waals surface area contributed by atoms with E-state index in [1.54, 1.807) is 0 Å². The molecule has 0 bridgehead atoms.